The minimum Gasteiger partial charge on any atom is -0.488 e. The van der Waals surface area contributed by atoms with Gasteiger partial charge in [-0.05, 0) is 17.7 Å². The highest BCUT2D eigenvalue weighted by atomic mass is 16.5. The minimum atomic E-state index is 0.458. The lowest BCUT2D eigenvalue weighted by molar-refractivity contribution is 0.278. The molecule has 0 bridgehead atoms. The van der Waals surface area contributed by atoms with E-state index in [9.17, 15) is 0 Å². The molecule has 4 heteroatoms. The van der Waals surface area contributed by atoms with Crippen molar-refractivity contribution < 1.29 is 9.47 Å². The van der Waals surface area contributed by atoms with Gasteiger partial charge in [-0.3, -0.25) is 0 Å². The zero-order valence-electron chi connectivity index (χ0n) is 9.32. The molecular weight excluding hydrogens is 204 g/mol. The van der Waals surface area contributed by atoms with Crippen LogP contribution in [0, 0.1) is 0 Å². The topological polar surface area (TPSA) is 70.5 Å². The Hall–Kier alpha value is -1.52. The smallest absolute Gasteiger partial charge is 0.161 e. The van der Waals surface area contributed by atoms with Crippen molar-refractivity contribution in [3.8, 4) is 11.5 Å². The third kappa shape index (κ3) is 3.56. The summed E-state index contributed by atoms with van der Waals surface area (Å²) < 4.78 is 10.9. The number of hydrogen-bond acceptors (Lipinski definition) is 4. The lowest BCUT2D eigenvalue weighted by atomic mass is 10.2. The number of nitrogens with two attached hydrogens (primary N) is 2. The normalized spacial score (nSPS) is 9.88. The van der Waals surface area contributed by atoms with Crippen LogP contribution >= 0.6 is 0 Å². The van der Waals surface area contributed by atoms with Crippen LogP contribution < -0.4 is 20.9 Å². The fraction of sp³-hybridized carbons (Fsp3) is 0.333. The van der Waals surface area contributed by atoms with E-state index >= 15 is 0 Å². The van der Waals surface area contributed by atoms with Crippen LogP contribution in [0.15, 0.2) is 24.8 Å². The van der Waals surface area contributed by atoms with Crippen LogP contribution in [0.5, 0.6) is 11.5 Å². The third-order valence-electron chi connectivity index (χ3n) is 1.95. The molecule has 88 valence electrons. The standard InChI is InChI=1S/C12H18N2O2/c1-2-10-3-4-11(15-7-5-13)12(9-10)16-8-6-14/h2-4,9H,1,5-8,13-14H2. The Morgan fingerprint density at radius 3 is 2.25 bits per heavy atom. The summed E-state index contributed by atoms with van der Waals surface area (Å²) in [4.78, 5) is 0. The van der Waals surface area contributed by atoms with Crippen molar-refractivity contribution >= 4 is 6.08 Å². The van der Waals surface area contributed by atoms with Gasteiger partial charge in [0, 0.05) is 13.1 Å². The molecule has 0 aliphatic heterocycles. The van der Waals surface area contributed by atoms with Gasteiger partial charge in [0.05, 0.1) is 0 Å². The predicted octanol–water partition coefficient (Wildman–Crippen LogP) is 1.00. The summed E-state index contributed by atoms with van der Waals surface area (Å²) in [6, 6.07) is 5.63. The molecule has 0 radical (unpaired) electrons. The first-order valence-corrected chi connectivity index (χ1v) is 5.24. The molecule has 0 aromatic heterocycles. The predicted molar refractivity (Wildman–Crippen MR) is 65.6 cm³/mol. The maximum atomic E-state index is 5.49. The van der Waals surface area contributed by atoms with Crippen molar-refractivity contribution in [1.29, 1.82) is 0 Å². The van der Waals surface area contributed by atoms with Crippen LogP contribution in [0.2, 0.25) is 0 Å². The molecule has 0 saturated heterocycles. The lowest BCUT2D eigenvalue weighted by Crippen LogP contribution is -2.13. The van der Waals surface area contributed by atoms with Crippen LogP contribution in [-0.4, -0.2) is 26.3 Å². The van der Waals surface area contributed by atoms with Crippen molar-refractivity contribution in [2.75, 3.05) is 26.3 Å². The van der Waals surface area contributed by atoms with Gasteiger partial charge < -0.3 is 20.9 Å². The van der Waals surface area contributed by atoms with Crippen LogP contribution in [-0.2, 0) is 0 Å². The van der Waals surface area contributed by atoms with Gasteiger partial charge in [0.2, 0.25) is 0 Å². The molecule has 0 amide bonds. The van der Waals surface area contributed by atoms with E-state index in [0.29, 0.717) is 37.8 Å². The van der Waals surface area contributed by atoms with E-state index in [2.05, 4.69) is 6.58 Å². The van der Waals surface area contributed by atoms with Crippen LogP contribution in [0.25, 0.3) is 6.08 Å². The Morgan fingerprint density at radius 2 is 1.69 bits per heavy atom. The van der Waals surface area contributed by atoms with Crippen molar-refractivity contribution in [3.05, 3.63) is 30.3 Å². The Bertz CT molecular complexity index is 340. The van der Waals surface area contributed by atoms with E-state index in [4.69, 9.17) is 20.9 Å². The molecule has 4 nitrogen and oxygen atoms in total. The highest BCUT2D eigenvalue weighted by molar-refractivity contribution is 5.54. The fourth-order valence-electron chi connectivity index (χ4n) is 1.22. The first-order valence-electron chi connectivity index (χ1n) is 5.24. The van der Waals surface area contributed by atoms with Crippen molar-refractivity contribution in [2.45, 2.75) is 0 Å². The molecule has 0 atom stereocenters. The highest BCUT2D eigenvalue weighted by Gasteiger charge is 2.05. The number of hydrogen-bond donors (Lipinski definition) is 2. The summed E-state index contributed by atoms with van der Waals surface area (Å²) in [7, 11) is 0. The maximum absolute atomic E-state index is 5.49. The Morgan fingerprint density at radius 1 is 1.06 bits per heavy atom. The summed E-state index contributed by atoms with van der Waals surface area (Å²) in [6.45, 7) is 5.56. The minimum absolute atomic E-state index is 0.458. The third-order valence-corrected chi connectivity index (χ3v) is 1.95. The van der Waals surface area contributed by atoms with Gasteiger partial charge in [-0.25, -0.2) is 0 Å². The van der Waals surface area contributed by atoms with Gasteiger partial charge in [0.15, 0.2) is 11.5 Å². The van der Waals surface area contributed by atoms with Gasteiger partial charge in [0.25, 0.3) is 0 Å². The highest BCUT2D eigenvalue weighted by Crippen LogP contribution is 2.28. The van der Waals surface area contributed by atoms with Crippen molar-refractivity contribution in [1.82, 2.24) is 0 Å². The molecule has 16 heavy (non-hydrogen) atoms. The largest absolute Gasteiger partial charge is 0.488 e. The SMILES string of the molecule is C=Cc1ccc(OCCN)c(OCCN)c1. The van der Waals surface area contributed by atoms with Gasteiger partial charge >= 0.3 is 0 Å². The average molecular weight is 222 g/mol. The van der Waals surface area contributed by atoms with E-state index in [1.165, 1.54) is 0 Å². The fourth-order valence-corrected chi connectivity index (χ4v) is 1.22. The molecule has 0 saturated carbocycles. The summed E-state index contributed by atoms with van der Waals surface area (Å²) >= 11 is 0. The maximum Gasteiger partial charge on any atom is 0.161 e. The number of benzene rings is 1. The molecule has 0 unspecified atom stereocenters. The van der Waals surface area contributed by atoms with Crippen molar-refractivity contribution in [3.63, 3.8) is 0 Å². The molecular formula is C12H18N2O2. The zero-order chi connectivity index (χ0) is 11.8. The Labute approximate surface area is 95.8 Å². The van der Waals surface area contributed by atoms with Gasteiger partial charge in [-0.2, -0.15) is 0 Å². The van der Waals surface area contributed by atoms with Gasteiger partial charge in [-0.15, -0.1) is 0 Å². The molecule has 0 spiro atoms. The number of ether oxygens (including phenoxy) is 2. The van der Waals surface area contributed by atoms with Crippen LogP contribution in [0.3, 0.4) is 0 Å². The van der Waals surface area contributed by atoms with E-state index in [1.807, 2.05) is 18.2 Å². The molecule has 1 rings (SSSR count). The molecule has 1 aromatic carbocycles. The monoisotopic (exact) mass is 222 g/mol. The van der Waals surface area contributed by atoms with Gasteiger partial charge in [0.1, 0.15) is 13.2 Å². The molecule has 1 aromatic rings. The quantitative estimate of drug-likeness (QED) is 0.722. The first-order chi connectivity index (χ1) is 7.81. The molecule has 4 N–H and O–H groups in total. The van der Waals surface area contributed by atoms with E-state index in [0.717, 1.165) is 5.56 Å². The second kappa shape index (κ2) is 6.87. The van der Waals surface area contributed by atoms with Crippen LogP contribution in [0.4, 0.5) is 0 Å². The lowest BCUT2D eigenvalue weighted by Gasteiger charge is -2.12. The summed E-state index contributed by atoms with van der Waals surface area (Å²) in [6.07, 6.45) is 1.75. The van der Waals surface area contributed by atoms with Gasteiger partial charge in [-0.1, -0.05) is 18.7 Å². The van der Waals surface area contributed by atoms with E-state index in [1.54, 1.807) is 6.08 Å². The van der Waals surface area contributed by atoms with E-state index in [-0.39, 0.29) is 0 Å². The second-order valence-corrected chi connectivity index (χ2v) is 3.18. The zero-order valence-corrected chi connectivity index (χ0v) is 9.32. The second-order valence-electron chi connectivity index (χ2n) is 3.18. The van der Waals surface area contributed by atoms with E-state index < -0.39 is 0 Å². The summed E-state index contributed by atoms with van der Waals surface area (Å²) in [5.41, 5.74) is 11.8. The number of rotatable bonds is 7. The Balaban J connectivity index is 2.82. The molecule has 0 aliphatic rings. The first kappa shape index (κ1) is 12.5. The Kier molecular flexibility index (Phi) is 5.39. The summed E-state index contributed by atoms with van der Waals surface area (Å²) in [5, 5.41) is 0. The van der Waals surface area contributed by atoms with Crippen LogP contribution in [0.1, 0.15) is 5.56 Å². The average Bonchev–Trinajstić information content (AvgIpc) is 2.34. The van der Waals surface area contributed by atoms with Crippen molar-refractivity contribution in [2.24, 2.45) is 11.5 Å². The summed E-state index contributed by atoms with van der Waals surface area (Å²) in [5.74, 6) is 1.36. The molecule has 0 heterocycles. The molecule has 0 fully saturated rings. The molecule has 0 aliphatic carbocycles.